The lowest BCUT2D eigenvalue weighted by atomic mass is 10.1. The number of carbonyl (C=O) groups is 2. The third-order valence-electron chi connectivity index (χ3n) is 4.36. The SMILES string of the molecule is CCn1c(C(=O)Nc2ccccc2)cc2cc(NC(=O)CC(C)C)ccc21. The Bertz CT molecular complexity index is 958. The summed E-state index contributed by atoms with van der Waals surface area (Å²) in [5.74, 6) is 0.161. The Kier molecular flexibility index (Phi) is 5.60. The summed E-state index contributed by atoms with van der Waals surface area (Å²) < 4.78 is 1.98. The van der Waals surface area contributed by atoms with Gasteiger partial charge in [-0.1, -0.05) is 32.0 Å². The molecule has 0 atom stereocenters. The average Bonchev–Trinajstić information content (AvgIpc) is 2.99. The molecule has 0 aliphatic carbocycles. The molecule has 0 fully saturated rings. The van der Waals surface area contributed by atoms with E-state index in [2.05, 4.69) is 10.6 Å². The van der Waals surface area contributed by atoms with E-state index >= 15 is 0 Å². The van der Waals surface area contributed by atoms with Crippen molar-refractivity contribution in [3.05, 3.63) is 60.3 Å². The molecule has 1 aromatic heterocycles. The highest BCUT2D eigenvalue weighted by Gasteiger charge is 2.16. The zero-order valence-electron chi connectivity index (χ0n) is 16.0. The maximum absolute atomic E-state index is 12.7. The topological polar surface area (TPSA) is 63.1 Å². The zero-order valence-corrected chi connectivity index (χ0v) is 16.0. The number of amides is 2. The van der Waals surface area contributed by atoms with Gasteiger partial charge in [0.2, 0.25) is 5.91 Å². The van der Waals surface area contributed by atoms with Crippen molar-refractivity contribution in [1.82, 2.24) is 4.57 Å². The molecule has 5 heteroatoms. The summed E-state index contributed by atoms with van der Waals surface area (Å²) in [7, 11) is 0. The molecule has 3 rings (SSSR count). The Balaban J connectivity index is 1.88. The highest BCUT2D eigenvalue weighted by molar-refractivity contribution is 6.07. The summed E-state index contributed by atoms with van der Waals surface area (Å²) in [4.78, 5) is 24.8. The highest BCUT2D eigenvalue weighted by atomic mass is 16.2. The maximum atomic E-state index is 12.7. The molecular formula is C22H25N3O2. The minimum Gasteiger partial charge on any atom is -0.337 e. The molecule has 0 spiro atoms. The van der Waals surface area contributed by atoms with Crippen LogP contribution in [0, 0.1) is 5.92 Å². The van der Waals surface area contributed by atoms with Crippen LogP contribution in [0.3, 0.4) is 0 Å². The first-order chi connectivity index (χ1) is 13.0. The molecule has 0 unspecified atom stereocenters. The normalized spacial score (nSPS) is 11.0. The van der Waals surface area contributed by atoms with Crippen LogP contribution in [0.2, 0.25) is 0 Å². The third-order valence-corrected chi connectivity index (χ3v) is 4.36. The molecule has 2 N–H and O–H groups in total. The van der Waals surface area contributed by atoms with Crippen molar-refractivity contribution in [1.29, 1.82) is 0 Å². The molecule has 0 saturated carbocycles. The Morgan fingerprint density at radius 1 is 0.963 bits per heavy atom. The van der Waals surface area contributed by atoms with Gasteiger partial charge < -0.3 is 15.2 Å². The van der Waals surface area contributed by atoms with Crippen molar-refractivity contribution in [2.75, 3.05) is 10.6 Å². The number of rotatable bonds is 6. The molecule has 0 aliphatic rings. The molecule has 5 nitrogen and oxygen atoms in total. The second kappa shape index (κ2) is 8.08. The molecule has 3 aromatic rings. The monoisotopic (exact) mass is 363 g/mol. The van der Waals surface area contributed by atoms with Crippen LogP contribution in [0.1, 0.15) is 37.7 Å². The zero-order chi connectivity index (χ0) is 19.4. The summed E-state index contributed by atoms with van der Waals surface area (Å²) in [6, 6.07) is 17.0. The second-order valence-electron chi connectivity index (χ2n) is 7.01. The molecule has 27 heavy (non-hydrogen) atoms. The van der Waals surface area contributed by atoms with E-state index in [1.807, 2.05) is 79.9 Å². The number of aryl methyl sites for hydroxylation is 1. The Morgan fingerprint density at radius 2 is 1.70 bits per heavy atom. The smallest absolute Gasteiger partial charge is 0.272 e. The number of benzene rings is 2. The first-order valence-corrected chi connectivity index (χ1v) is 9.27. The van der Waals surface area contributed by atoms with Gasteiger partial charge in [0.05, 0.1) is 0 Å². The molecule has 0 radical (unpaired) electrons. The van der Waals surface area contributed by atoms with Gasteiger partial charge in [-0.05, 0) is 49.2 Å². The van der Waals surface area contributed by atoms with Gasteiger partial charge in [0.25, 0.3) is 5.91 Å². The van der Waals surface area contributed by atoms with Crippen molar-refractivity contribution >= 4 is 34.1 Å². The largest absolute Gasteiger partial charge is 0.337 e. The van der Waals surface area contributed by atoms with Crippen LogP contribution in [0.25, 0.3) is 10.9 Å². The van der Waals surface area contributed by atoms with E-state index in [9.17, 15) is 9.59 Å². The lowest BCUT2D eigenvalue weighted by Crippen LogP contribution is -2.16. The molecule has 1 heterocycles. The summed E-state index contributed by atoms with van der Waals surface area (Å²) in [5, 5.41) is 6.79. The van der Waals surface area contributed by atoms with E-state index in [1.54, 1.807) is 0 Å². The van der Waals surface area contributed by atoms with Crippen molar-refractivity contribution in [3.8, 4) is 0 Å². The van der Waals surface area contributed by atoms with Crippen LogP contribution in [0.15, 0.2) is 54.6 Å². The van der Waals surface area contributed by atoms with Crippen molar-refractivity contribution in [2.24, 2.45) is 5.92 Å². The quantitative estimate of drug-likeness (QED) is 0.654. The van der Waals surface area contributed by atoms with Crippen molar-refractivity contribution < 1.29 is 9.59 Å². The molecule has 2 amide bonds. The molecule has 0 aliphatic heterocycles. The minimum absolute atomic E-state index is 0.00122. The van der Waals surface area contributed by atoms with Gasteiger partial charge in [-0.25, -0.2) is 0 Å². The Morgan fingerprint density at radius 3 is 2.37 bits per heavy atom. The third kappa shape index (κ3) is 4.37. The maximum Gasteiger partial charge on any atom is 0.272 e. The van der Waals surface area contributed by atoms with Gasteiger partial charge in [-0.3, -0.25) is 9.59 Å². The number of anilines is 2. The van der Waals surface area contributed by atoms with E-state index in [0.29, 0.717) is 24.6 Å². The van der Waals surface area contributed by atoms with Crippen LogP contribution < -0.4 is 10.6 Å². The second-order valence-corrected chi connectivity index (χ2v) is 7.01. The summed E-state index contributed by atoms with van der Waals surface area (Å²) in [6.07, 6.45) is 0.485. The van der Waals surface area contributed by atoms with Gasteiger partial charge in [0.15, 0.2) is 0 Å². The fraction of sp³-hybridized carbons (Fsp3) is 0.273. The number of aromatic nitrogens is 1. The lowest BCUT2D eigenvalue weighted by Gasteiger charge is -2.09. The molecule has 0 bridgehead atoms. The fourth-order valence-electron chi connectivity index (χ4n) is 3.18. The summed E-state index contributed by atoms with van der Waals surface area (Å²) in [5.41, 5.74) is 3.08. The number of carbonyl (C=O) groups excluding carboxylic acids is 2. The van der Waals surface area contributed by atoms with E-state index in [-0.39, 0.29) is 11.8 Å². The van der Waals surface area contributed by atoms with Crippen molar-refractivity contribution in [2.45, 2.75) is 33.7 Å². The van der Waals surface area contributed by atoms with E-state index < -0.39 is 0 Å². The Labute approximate surface area is 159 Å². The van der Waals surface area contributed by atoms with E-state index in [4.69, 9.17) is 0 Å². The van der Waals surface area contributed by atoms with E-state index in [1.165, 1.54) is 0 Å². The number of hydrogen-bond donors (Lipinski definition) is 2. The number of nitrogens with zero attached hydrogens (tertiary/aromatic N) is 1. The van der Waals surface area contributed by atoms with Gasteiger partial charge in [-0.15, -0.1) is 0 Å². The van der Waals surface area contributed by atoms with Gasteiger partial charge >= 0.3 is 0 Å². The predicted octanol–water partition coefficient (Wildman–Crippen LogP) is 4.90. The minimum atomic E-state index is -0.148. The van der Waals surface area contributed by atoms with Crippen LogP contribution in [-0.2, 0) is 11.3 Å². The molecular weight excluding hydrogens is 338 g/mol. The molecule has 0 saturated heterocycles. The fourth-order valence-corrected chi connectivity index (χ4v) is 3.18. The van der Waals surface area contributed by atoms with Crippen LogP contribution >= 0.6 is 0 Å². The Hall–Kier alpha value is -3.08. The van der Waals surface area contributed by atoms with Gasteiger partial charge in [0.1, 0.15) is 5.69 Å². The van der Waals surface area contributed by atoms with Crippen LogP contribution in [0.5, 0.6) is 0 Å². The first-order valence-electron chi connectivity index (χ1n) is 9.27. The summed E-state index contributed by atoms with van der Waals surface area (Å²) >= 11 is 0. The number of hydrogen-bond acceptors (Lipinski definition) is 2. The van der Waals surface area contributed by atoms with Crippen molar-refractivity contribution in [3.63, 3.8) is 0 Å². The molecule has 2 aromatic carbocycles. The number of para-hydroxylation sites is 1. The van der Waals surface area contributed by atoms with E-state index in [0.717, 1.165) is 22.3 Å². The van der Waals surface area contributed by atoms with Crippen LogP contribution in [0.4, 0.5) is 11.4 Å². The predicted molar refractivity (Wildman–Crippen MR) is 110 cm³/mol. The van der Waals surface area contributed by atoms with Gasteiger partial charge in [-0.2, -0.15) is 0 Å². The van der Waals surface area contributed by atoms with Crippen LogP contribution in [-0.4, -0.2) is 16.4 Å². The first kappa shape index (κ1) is 18.7. The highest BCUT2D eigenvalue weighted by Crippen LogP contribution is 2.25. The standard InChI is InChI=1S/C22H25N3O2/c1-4-25-19-11-10-18(23-21(26)12-15(2)3)13-16(19)14-20(25)22(27)24-17-8-6-5-7-9-17/h5-11,13-15H,4,12H2,1-3H3,(H,23,26)(H,24,27). The summed E-state index contributed by atoms with van der Waals surface area (Å²) in [6.45, 7) is 6.72. The van der Waals surface area contributed by atoms with Gasteiger partial charge in [0, 0.05) is 35.2 Å². The average molecular weight is 363 g/mol. The number of fused-ring (bicyclic) bond motifs is 1. The number of nitrogens with one attached hydrogen (secondary N) is 2. The lowest BCUT2D eigenvalue weighted by molar-refractivity contribution is -0.116. The molecule has 140 valence electrons.